The van der Waals surface area contributed by atoms with Crippen molar-refractivity contribution in [1.82, 2.24) is 0 Å². The molecule has 0 unspecified atom stereocenters. The van der Waals surface area contributed by atoms with E-state index in [1.807, 2.05) is 30.3 Å². The van der Waals surface area contributed by atoms with Crippen molar-refractivity contribution in [2.24, 2.45) is 5.16 Å². The fraction of sp³-hybridized carbons (Fsp3) is 0.263. The van der Waals surface area contributed by atoms with Gasteiger partial charge in [0.1, 0.15) is 12.4 Å². The van der Waals surface area contributed by atoms with Crippen molar-refractivity contribution in [1.29, 1.82) is 0 Å². The molecule has 2 aromatic carbocycles. The number of nitrogens with zero attached hydrogens (tertiary/aromatic N) is 1. The summed E-state index contributed by atoms with van der Waals surface area (Å²) >= 11 is 0. The van der Waals surface area contributed by atoms with Crippen LogP contribution in [0.4, 0.5) is 0 Å². The lowest BCUT2D eigenvalue weighted by Crippen LogP contribution is -2.03. The van der Waals surface area contributed by atoms with Crippen molar-refractivity contribution < 1.29 is 19.8 Å². The van der Waals surface area contributed by atoms with Crippen LogP contribution in [-0.4, -0.2) is 21.9 Å². The highest BCUT2D eigenvalue weighted by Crippen LogP contribution is 2.13. The summed E-state index contributed by atoms with van der Waals surface area (Å²) in [6.45, 7) is 0.311. The van der Waals surface area contributed by atoms with E-state index >= 15 is 0 Å². The number of hydrogen-bond donors (Lipinski definition) is 2. The van der Waals surface area contributed by atoms with Crippen molar-refractivity contribution in [3.63, 3.8) is 0 Å². The van der Waals surface area contributed by atoms with Gasteiger partial charge in [0, 0.05) is 6.42 Å². The van der Waals surface area contributed by atoms with Gasteiger partial charge in [0.2, 0.25) is 0 Å². The third-order valence-electron chi connectivity index (χ3n) is 3.50. The zero-order valence-electron chi connectivity index (χ0n) is 13.4. The van der Waals surface area contributed by atoms with E-state index in [4.69, 9.17) is 9.94 Å². The van der Waals surface area contributed by atoms with Crippen molar-refractivity contribution in [2.75, 3.05) is 0 Å². The molecule has 0 aliphatic heterocycles. The quantitative estimate of drug-likeness (QED) is 0.415. The van der Waals surface area contributed by atoms with Gasteiger partial charge in [-0.05, 0) is 42.5 Å². The number of aliphatic carboxylic acids is 1. The van der Waals surface area contributed by atoms with E-state index in [0.717, 1.165) is 23.3 Å². The minimum atomic E-state index is -0.781. The number of benzene rings is 2. The number of carboxylic acids is 1. The number of hydrogen-bond acceptors (Lipinski definition) is 4. The van der Waals surface area contributed by atoms with E-state index in [2.05, 4.69) is 5.16 Å². The lowest BCUT2D eigenvalue weighted by Gasteiger charge is -2.07. The second-order valence-corrected chi connectivity index (χ2v) is 5.44. The molecule has 5 nitrogen and oxygen atoms in total. The number of carbonyl (C=O) groups is 1. The van der Waals surface area contributed by atoms with Gasteiger partial charge < -0.3 is 15.1 Å². The smallest absolute Gasteiger partial charge is 0.303 e. The Morgan fingerprint density at radius 3 is 2.29 bits per heavy atom. The summed E-state index contributed by atoms with van der Waals surface area (Å²) in [5, 5.41) is 22.2. The summed E-state index contributed by atoms with van der Waals surface area (Å²) in [5.74, 6) is -0.567. The predicted molar refractivity (Wildman–Crippen MR) is 92.0 cm³/mol. The molecule has 0 bridgehead atoms. The maximum absolute atomic E-state index is 10.6. The molecule has 0 saturated heterocycles. The van der Waals surface area contributed by atoms with Gasteiger partial charge >= 0.3 is 5.97 Å². The minimum absolute atomic E-state index is 0.163. The molecule has 0 radical (unpaired) electrons. The number of carboxylic acid groups (broad SMARTS) is 1. The Bertz CT molecular complexity index is 666. The molecule has 0 saturated carbocycles. The lowest BCUT2D eigenvalue weighted by atomic mass is 10.0. The zero-order chi connectivity index (χ0) is 17.2. The molecule has 24 heavy (non-hydrogen) atoms. The van der Waals surface area contributed by atoms with Crippen LogP contribution in [0.5, 0.6) is 5.75 Å². The van der Waals surface area contributed by atoms with Gasteiger partial charge in [0.15, 0.2) is 0 Å². The van der Waals surface area contributed by atoms with Crippen LogP contribution in [0.25, 0.3) is 0 Å². The Balaban J connectivity index is 1.96. The molecular weight excluding hydrogens is 306 g/mol. The Morgan fingerprint density at radius 2 is 1.62 bits per heavy atom. The van der Waals surface area contributed by atoms with E-state index in [-0.39, 0.29) is 12.2 Å². The van der Waals surface area contributed by atoms with Crippen LogP contribution in [0.2, 0.25) is 0 Å². The average Bonchev–Trinajstić information content (AvgIpc) is 2.59. The molecule has 0 fully saturated rings. The molecule has 2 N–H and O–H groups in total. The summed E-state index contributed by atoms with van der Waals surface area (Å²) in [6, 6.07) is 16.5. The fourth-order valence-electron chi connectivity index (χ4n) is 2.22. The van der Waals surface area contributed by atoms with Crippen molar-refractivity contribution >= 4 is 11.7 Å². The largest absolute Gasteiger partial charge is 0.508 e. The third kappa shape index (κ3) is 6.12. The molecule has 0 heterocycles. The number of oxime groups is 1. The van der Waals surface area contributed by atoms with Crippen molar-refractivity contribution in [2.45, 2.75) is 32.3 Å². The summed E-state index contributed by atoms with van der Waals surface area (Å²) in [6.07, 6.45) is 2.17. The summed E-state index contributed by atoms with van der Waals surface area (Å²) in [4.78, 5) is 16.0. The van der Waals surface area contributed by atoms with Gasteiger partial charge in [-0.3, -0.25) is 4.79 Å². The summed E-state index contributed by atoms with van der Waals surface area (Å²) in [5.41, 5.74) is 2.69. The predicted octanol–water partition coefficient (Wildman–Crippen LogP) is 3.96. The van der Waals surface area contributed by atoms with Gasteiger partial charge in [-0.2, -0.15) is 0 Å². The molecule has 0 aromatic heterocycles. The molecule has 0 aliphatic carbocycles. The molecule has 2 rings (SSSR count). The molecule has 0 spiro atoms. The molecule has 126 valence electrons. The Morgan fingerprint density at radius 1 is 0.958 bits per heavy atom. The highest BCUT2D eigenvalue weighted by molar-refractivity contribution is 6.00. The number of aromatic hydroxyl groups is 1. The van der Waals surface area contributed by atoms with Crippen LogP contribution in [0.1, 0.15) is 36.8 Å². The monoisotopic (exact) mass is 327 g/mol. The Labute approximate surface area is 141 Å². The average molecular weight is 327 g/mol. The van der Waals surface area contributed by atoms with E-state index in [0.29, 0.717) is 19.4 Å². The van der Waals surface area contributed by atoms with Crippen LogP contribution in [0, 0.1) is 0 Å². The van der Waals surface area contributed by atoms with Crippen LogP contribution in [0.3, 0.4) is 0 Å². The molecule has 0 amide bonds. The van der Waals surface area contributed by atoms with Crippen LogP contribution < -0.4 is 0 Å². The molecule has 0 atom stereocenters. The second kappa shape index (κ2) is 9.35. The van der Waals surface area contributed by atoms with Crippen LogP contribution in [-0.2, 0) is 16.2 Å². The Hall–Kier alpha value is -2.82. The van der Waals surface area contributed by atoms with Gasteiger partial charge in [0.05, 0.1) is 5.71 Å². The SMILES string of the molecule is O=C(O)CCCCC(=NOCc1ccc(O)cc1)c1ccccc1. The fourth-order valence-corrected chi connectivity index (χ4v) is 2.22. The minimum Gasteiger partial charge on any atom is -0.508 e. The van der Waals surface area contributed by atoms with Crippen molar-refractivity contribution in [3.05, 3.63) is 65.7 Å². The molecule has 2 aromatic rings. The van der Waals surface area contributed by atoms with Gasteiger partial charge in [-0.15, -0.1) is 0 Å². The standard InChI is InChI=1S/C19H21NO4/c21-17-12-10-15(11-13-17)14-24-20-18(8-4-5-9-19(22)23)16-6-2-1-3-7-16/h1-3,6-7,10-13,21H,4-5,8-9,14H2,(H,22,23). The van der Waals surface area contributed by atoms with E-state index in [1.165, 1.54) is 0 Å². The molecule has 0 aliphatic rings. The lowest BCUT2D eigenvalue weighted by molar-refractivity contribution is -0.137. The third-order valence-corrected chi connectivity index (χ3v) is 3.50. The molecular formula is C19H21NO4. The first kappa shape index (κ1) is 17.5. The van der Waals surface area contributed by atoms with Crippen LogP contribution >= 0.6 is 0 Å². The van der Waals surface area contributed by atoms with Gasteiger partial charge in [0.25, 0.3) is 0 Å². The number of phenolic OH excluding ortho intramolecular Hbond substituents is 1. The van der Waals surface area contributed by atoms with Crippen LogP contribution in [0.15, 0.2) is 59.8 Å². The zero-order valence-corrected chi connectivity index (χ0v) is 13.4. The first-order valence-electron chi connectivity index (χ1n) is 7.89. The number of rotatable bonds is 9. The van der Waals surface area contributed by atoms with Crippen molar-refractivity contribution in [3.8, 4) is 5.75 Å². The summed E-state index contributed by atoms with van der Waals surface area (Å²) in [7, 11) is 0. The molecule has 5 heteroatoms. The number of phenols is 1. The summed E-state index contributed by atoms with van der Waals surface area (Å²) < 4.78 is 0. The van der Waals surface area contributed by atoms with Gasteiger partial charge in [-0.1, -0.05) is 47.6 Å². The highest BCUT2D eigenvalue weighted by Gasteiger charge is 2.06. The van der Waals surface area contributed by atoms with E-state index in [9.17, 15) is 9.90 Å². The topological polar surface area (TPSA) is 79.1 Å². The maximum atomic E-state index is 10.6. The number of unbranched alkanes of at least 4 members (excludes halogenated alkanes) is 1. The first-order chi connectivity index (χ1) is 11.6. The van der Waals surface area contributed by atoms with E-state index in [1.54, 1.807) is 24.3 Å². The Kier molecular flexibility index (Phi) is 6.83. The second-order valence-electron chi connectivity index (χ2n) is 5.44. The van der Waals surface area contributed by atoms with E-state index < -0.39 is 5.97 Å². The normalized spacial score (nSPS) is 11.2. The first-order valence-corrected chi connectivity index (χ1v) is 7.89. The van der Waals surface area contributed by atoms with Gasteiger partial charge in [-0.25, -0.2) is 0 Å². The maximum Gasteiger partial charge on any atom is 0.303 e. The highest BCUT2D eigenvalue weighted by atomic mass is 16.6.